The van der Waals surface area contributed by atoms with Crippen LogP contribution in [0, 0.1) is 52.3 Å². The molecule has 0 aromatic rings. The average Bonchev–Trinajstić information content (AvgIpc) is 3.11. The molecule has 0 saturated heterocycles. The van der Waals surface area contributed by atoms with Crippen molar-refractivity contribution in [1.29, 1.82) is 0 Å². The standard InChI is InChI=1S/C31H50O2/c1-8-23(20(2)3)10-9-21(4)27-13-14-28-26-12-11-24-19-25(33-22(5)32)15-17-30(24,6)29(26)16-18-31(27,28)7/h9-10,12,20-21,23-25,27-29H,8,11,13-19H2,1-7H3/b10-9+. The number of rotatable bonds is 6. The normalized spacial score (nSPS) is 42.3. The molecule has 4 aliphatic rings. The highest BCUT2D eigenvalue weighted by molar-refractivity contribution is 5.66. The van der Waals surface area contributed by atoms with Crippen LogP contribution < -0.4 is 0 Å². The van der Waals surface area contributed by atoms with Crippen LogP contribution in [0.4, 0.5) is 0 Å². The molecule has 0 spiro atoms. The van der Waals surface area contributed by atoms with E-state index < -0.39 is 0 Å². The van der Waals surface area contributed by atoms with Gasteiger partial charge in [-0.15, -0.1) is 0 Å². The second-order valence-electron chi connectivity index (χ2n) is 13.0. The molecule has 3 saturated carbocycles. The Bertz CT molecular complexity index is 778. The summed E-state index contributed by atoms with van der Waals surface area (Å²) in [4.78, 5) is 11.5. The monoisotopic (exact) mass is 454 g/mol. The van der Waals surface area contributed by atoms with E-state index in [0.29, 0.717) is 28.6 Å². The first kappa shape index (κ1) is 25.1. The van der Waals surface area contributed by atoms with Crippen LogP contribution in [-0.4, -0.2) is 12.1 Å². The van der Waals surface area contributed by atoms with Crippen LogP contribution in [0.15, 0.2) is 23.8 Å². The Labute approximate surface area is 204 Å². The van der Waals surface area contributed by atoms with E-state index in [0.717, 1.165) is 36.5 Å². The van der Waals surface area contributed by atoms with Gasteiger partial charge in [0, 0.05) is 6.92 Å². The Morgan fingerprint density at radius 2 is 1.76 bits per heavy atom. The lowest BCUT2D eigenvalue weighted by molar-refractivity contribution is -0.152. The van der Waals surface area contributed by atoms with Crippen molar-refractivity contribution in [2.24, 2.45) is 52.3 Å². The van der Waals surface area contributed by atoms with E-state index in [-0.39, 0.29) is 12.1 Å². The number of carbonyl (C=O) groups excluding carboxylic acids is 1. The largest absolute Gasteiger partial charge is 0.463 e. The summed E-state index contributed by atoms with van der Waals surface area (Å²) >= 11 is 0. The Morgan fingerprint density at radius 1 is 1.06 bits per heavy atom. The maximum absolute atomic E-state index is 11.5. The molecule has 0 aromatic carbocycles. The van der Waals surface area contributed by atoms with Crippen molar-refractivity contribution in [3.8, 4) is 0 Å². The van der Waals surface area contributed by atoms with E-state index in [4.69, 9.17) is 4.74 Å². The Morgan fingerprint density at radius 3 is 2.42 bits per heavy atom. The Kier molecular flexibility index (Phi) is 7.24. The van der Waals surface area contributed by atoms with Crippen molar-refractivity contribution in [2.45, 2.75) is 112 Å². The van der Waals surface area contributed by atoms with Gasteiger partial charge in [0.05, 0.1) is 0 Å². The minimum Gasteiger partial charge on any atom is -0.463 e. The van der Waals surface area contributed by atoms with Gasteiger partial charge in [-0.25, -0.2) is 0 Å². The van der Waals surface area contributed by atoms with Gasteiger partial charge >= 0.3 is 5.97 Å². The number of hydrogen-bond donors (Lipinski definition) is 0. The van der Waals surface area contributed by atoms with Crippen LogP contribution in [0.1, 0.15) is 106 Å². The zero-order valence-corrected chi connectivity index (χ0v) is 22.5. The molecule has 9 unspecified atom stereocenters. The molecule has 0 amide bonds. The molecule has 0 radical (unpaired) electrons. The topological polar surface area (TPSA) is 26.3 Å². The van der Waals surface area contributed by atoms with Gasteiger partial charge in [0.25, 0.3) is 0 Å². The number of esters is 1. The number of fused-ring (bicyclic) bond motifs is 5. The van der Waals surface area contributed by atoms with Gasteiger partial charge in [0.2, 0.25) is 0 Å². The lowest BCUT2D eigenvalue weighted by Gasteiger charge is -2.58. The van der Waals surface area contributed by atoms with Gasteiger partial charge in [-0.05, 0) is 110 Å². The van der Waals surface area contributed by atoms with Crippen molar-refractivity contribution in [1.82, 2.24) is 0 Å². The molecule has 0 heterocycles. The Hall–Kier alpha value is -1.05. The molecule has 2 heteroatoms. The molecular formula is C31H50O2. The quantitative estimate of drug-likeness (QED) is 0.297. The van der Waals surface area contributed by atoms with Crippen LogP contribution >= 0.6 is 0 Å². The summed E-state index contributed by atoms with van der Waals surface area (Å²) in [5, 5.41) is 0. The predicted molar refractivity (Wildman–Crippen MR) is 138 cm³/mol. The SMILES string of the molecule is CCC(/C=C/C(C)C1CCC2C3=CCC4CC(OC(C)=O)CCC4(C)C3CCC21C)C(C)C. The Balaban J connectivity index is 1.50. The van der Waals surface area contributed by atoms with Crippen LogP contribution in [0.5, 0.6) is 0 Å². The van der Waals surface area contributed by atoms with E-state index in [1.807, 2.05) is 5.57 Å². The van der Waals surface area contributed by atoms with E-state index >= 15 is 0 Å². The molecule has 33 heavy (non-hydrogen) atoms. The van der Waals surface area contributed by atoms with Crippen LogP contribution in [0.3, 0.4) is 0 Å². The number of carbonyl (C=O) groups is 1. The first-order chi connectivity index (χ1) is 15.6. The molecular weight excluding hydrogens is 404 g/mol. The third-order valence-electron chi connectivity index (χ3n) is 11.1. The minimum atomic E-state index is -0.108. The molecule has 4 rings (SSSR count). The highest BCUT2D eigenvalue weighted by atomic mass is 16.5. The van der Waals surface area contributed by atoms with E-state index in [2.05, 4.69) is 59.8 Å². The lowest BCUT2D eigenvalue weighted by Crippen LogP contribution is -2.50. The van der Waals surface area contributed by atoms with Crippen LogP contribution in [0.25, 0.3) is 0 Å². The molecule has 0 aliphatic heterocycles. The van der Waals surface area contributed by atoms with Crippen LogP contribution in [-0.2, 0) is 9.53 Å². The average molecular weight is 455 g/mol. The fraction of sp³-hybridized carbons (Fsp3) is 0.839. The van der Waals surface area contributed by atoms with Gasteiger partial charge in [0.1, 0.15) is 6.10 Å². The second kappa shape index (κ2) is 9.54. The van der Waals surface area contributed by atoms with Crippen molar-refractivity contribution in [2.75, 3.05) is 0 Å². The van der Waals surface area contributed by atoms with Gasteiger partial charge in [0.15, 0.2) is 0 Å². The van der Waals surface area contributed by atoms with Crippen molar-refractivity contribution in [3.05, 3.63) is 23.8 Å². The first-order valence-corrected chi connectivity index (χ1v) is 14.2. The summed E-state index contributed by atoms with van der Waals surface area (Å²) in [7, 11) is 0. The number of allylic oxidation sites excluding steroid dienone is 4. The van der Waals surface area contributed by atoms with E-state index in [1.54, 1.807) is 6.92 Å². The molecule has 2 nitrogen and oxygen atoms in total. The molecule has 0 N–H and O–H groups in total. The third kappa shape index (κ3) is 4.50. The van der Waals surface area contributed by atoms with Crippen LogP contribution in [0.2, 0.25) is 0 Å². The third-order valence-corrected chi connectivity index (χ3v) is 11.1. The summed E-state index contributed by atoms with van der Waals surface area (Å²) in [5.74, 6) is 5.05. The molecule has 186 valence electrons. The van der Waals surface area contributed by atoms with E-state index in [9.17, 15) is 4.79 Å². The smallest absolute Gasteiger partial charge is 0.302 e. The summed E-state index contributed by atoms with van der Waals surface area (Å²) in [6.45, 7) is 16.3. The number of hydrogen-bond acceptors (Lipinski definition) is 2. The second-order valence-corrected chi connectivity index (χ2v) is 13.0. The summed E-state index contributed by atoms with van der Waals surface area (Å²) in [6, 6.07) is 0. The molecule has 0 bridgehead atoms. The lowest BCUT2D eigenvalue weighted by atomic mass is 9.47. The summed E-state index contributed by atoms with van der Waals surface area (Å²) in [6.07, 6.45) is 19.3. The highest BCUT2D eigenvalue weighted by Crippen LogP contribution is 2.66. The molecule has 3 fully saturated rings. The zero-order valence-electron chi connectivity index (χ0n) is 22.5. The van der Waals surface area contributed by atoms with Gasteiger partial charge < -0.3 is 4.74 Å². The molecule has 4 aliphatic carbocycles. The molecule has 9 atom stereocenters. The molecule has 0 aromatic heterocycles. The van der Waals surface area contributed by atoms with Gasteiger partial charge in [-0.2, -0.15) is 0 Å². The minimum absolute atomic E-state index is 0.108. The van der Waals surface area contributed by atoms with Crippen molar-refractivity contribution < 1.29 is 9.53 Å². The van der Waals surface area contributed by atoms with E-state index in [1.165, 1.54) is 44.9 Å². The van der Waals surface area contributed by atoms with Gasteiger partial charge in [-0.1, -0.05) is 65.3 Å². The summed E-state index contributed by atoms with van der Waals surface area (Å²) < 4.78 is 5.64. The highest BCUT2D eigenvalue weighted by Gasteiger charge is 2.58. The fourth-order valence-corrected chi connectivity index (χ4v) is 9.00. The van der Waals surface area contributed by atoms with Gasteiger partial charge in [-0.3, -0.25) is 4.79 Å². The first-order valence-electron chi connectivity index (χ1n) is 14.2. The van der Waals surface area contributed by atoms with Crippen molar-refractivity contribution in [3.63, 3.8) is 0 Å². The van der Waals surface area contributed by atoms with Crippen molar-refractivity contribution >= 4 is 5.97 Å². The fourth-order valence-electron chi connectivity index (χ4n) is 9.00. The maximum Gasteiger partial charge on any atom is 0.302 e. The maximum atomic E-state index is 11.5. The number of ether oxygens (including phenoxy) is 1. The predicted octanol–water partition coefficient (Wildman–Crippen LogP) is 8.37. The summed E-state index contributed by atoms with van der Waals surface area (Å²) in [5.41, 5.74) is 2.70. The zero-order chi connectivity index (χ0) is 24.0.